The molecule has 0 radical (unpaired) electrons. The summed E-state index contributed by atoms with van der Waals surface area (Å²) < 4.78 is 31.7. The molecule has 0 aliphatic rings. The van der Waals surface area contributed by atoms with E-state index in [0.717, 1.165) is 11.1 Å². The maximum atomic E-state index is 12.4. The molecule has 0 aliphatic heterocycles. The topological polar surface area (TPSA) is 174 Å². The van der Waals surface area contributed by atoms with E-state index in [1.807, 2.05) is 60.7 Å². The van der Waals surface area contributed by atoms with Crippen LogP contribution >= 0.6 is 0 Å². The summed E-state index contributed by atoms with van der Waals surface area (Å²) in [5.41, 5.74) is 3.32. The fraction of sp³-hybridized carbons (Fsp3) is 0.233. The highest BCUT2D eigenvalue weighted by atomic mass is 19.4. The van der Waals surface area contributed by atoms with E-state index in [2.05, 4.69) is 21.3 Å². The van der Waals surface area contributed by atoms with Gasteiger partial charge in [-0.15, -0.1) is 0 Å². The fourth-order valence-corrected chi connectivity index (χ4v) is 3.63. The molecule has 0 aliphatic carbocycles. The van der Waals surface area contributed by atoms with Crippen LogP contribution in [0.15, 0.2) is 84.9 Å². The number of carboxylic acids is 2. The first-order valence-corrected chi connectivity index (χ1v) is 13.2. The molecule has 44 heavy (non-hydrogen) atoms. The van der Waals surface area contributed by atoms with Gasteiger partial charge >= 0.3 is 24.1 Å². The number of nitrogens with one attached hydrogen (secondary N) is 4. The number of para-hydroxylation sites is 1. The van der Waals surface area contributed by atoms with Crippen molar-refractivity contribution in [2.75, 3.05) is 18.4 Å². The Kier molecular flexibility index (Phi) is 13.9. The molecule has 3 aromatic carbocycles. The molecule has 3 aromatic rings. The van der Waals surface area contributed by atoms with E-state index in [4.69, 9.17) is 9.90 Å². The van der Waals surface area contributed by atoms with Crippen LogP contribution in [0.1, 0.15) is 30.9 Å². The Morgan fingerprint density at radius 2 is 1.27 bits per heavy atom. The largest absolute Gasteiger partial charge is 0.490 e. The number of alkyl halides is 3. The Labute approximate surface area is 250 Å². The predicted octanol–water partition coefficient (Wildman–Crippen LogP) is 4.34. The van der Waals surface area contributed by atoms with Crippen molar-refractivity contribution in [2.24, 2.45) is 0 Å². The molecule has 4 amide bonds. The number of carbonyl (C=O) groups is 5. The standard InChI is InChI=1S/C28H30N4O5.C2HF3O2/c33-25(12-7-17-29-28(37)31-23-10-5-2-6-11-23)30-19-26(34)32-24(18-27(35)36)22-15-13-21(14-16-22)20-8-3-1-4-9-20;3-2(4,5)1(6)7/h1-6,8-11,13-16,24H,7,12,17-19H2,(H,30,33)(H,32,34)(H,35,36)(H2,29,31,37);(H,6,7). The molecule has 1 unspecified atom stereocenters. The summed E-state index contributed by atoms with van der Waals surface area (Å²) in [6, 6.07) is 25.0. The Morgan fingerprint density at radius 1 is 0.727 bits per heavy atom. The Bertz CT molecular complexity index is 1390. The van der Waals surface area contributed by atoms with Crippen LogP contribution in [-0.4, -0.2) is 59.3 Å². The highest BCUT2D eigenvalue weighted by molar-refractivity contribution is 5.89. The van der Waals surface area contributed by atoms with E-state index in [0.29, 0.717) is 17.7 Å². The Morgan fingerprint density at radius 3 is 1.82 bits per heavy atom. The van der Waals surface area contributed by atoms with E-state index in [1.165, 1.54) is 0 Å². The SMILES string of the molecule is O=C(O)C(F)(F)F.O=C(O)CC(NC(=O)CNC(=O)CCCNC(=O)Nc1ccccc1)c1ccc(-c2ccccc2)cc1. The number of rotatable bonds is 12. The minimum atomic E-state index is -5.08. The van der Waals surface area contributed by atoms with Gasteiger partial charge in [0.25, 0.3) is 0 Å². The van der Waals surface area contributed by atoms with E-state index in [-0.39, 0.29) is 37.9 Å². The van der Waals surface area contributed by atoms with E-state index in [9.17, 15) is 37.5 Å². The molecule has 1 atom stereocenters. The Hall–Kier alpha value is -5.40. The van der Waals surface area contributed by atoms with E-state index >= 15 is 0 Å². The zero-order chi connectivity index (χ0) is 32.5. The smallest absolute Gasteiger partial charge is 0.481 e. The molecule has 234 valence electrons. The molecule has 0 saturated heterocycles. The molecule has 14 heteroatoms. The minimum absolute atomic E-state index is 0.123. The van der Waals surface area contributed by atoms with Gasteiger partial charge in [-0.05, 0) is 35.2 Å². The molecule has 6 N–H and O–H groups in total. The van der Waals surface area contributed by atoms with E-state index < -0.39 is 30.1 Å². The van der Waals surface area contributed by atoms with Gasteiger partial charge in [0.05, 0.1) is 19.0 Å². The monoisotopic (exact) mass is 616 g/mol. The number of anilines is 1. The van der Waals surface area contributed by atoms with Gasteiger partial charge in [0.1, 0.15) is 0 Å². The summed E-state index contributed by atoms with van der Waals surface area (Å²) in [7, 11) is 0. The number of hydrogen-bond donors (Lipinski definition) is 6. The second-order valence-corrected chi connectivity index (χ2v) is 9.14. The normalized spacial score (nSPS) is 11.2. The van der Waals surface area contributed by atoms with Crippen molar-refractivity contribution in [3.05, 3.63) is 90.5 Å². The van der Waals surface area contributed by atoms with Crippen molar-refractivity contribution in [3.63, 3.8) is 0 Å². The third kappa shape index (κ3) is 13.5. The van der Waals surface area contributed by atoms with Gasteiger partial charge in [0, 0.05) is 18.7 Å². The van der Waals surface area contributed by atoms with Gasteiger partial charge in [-0.2, -0.15) is 13.2 Å². The second-order valence-electron chi connectivity index (χ2n) is 9.14. The van der Waals surface area contributed by atoms with Crippen LogP contribution in [0.25, 0.3) is 11.1 Å². The molecule has 3 rings (SSSR count). The second kappa shape index (κ2) is 17.5. The van der Waals surface area contributed by atoms with Gasteiger partial charge in [-0.25, -0.2) is 9.59 Å². The number of urea groups is 1. The summed E-state index contributed by atoms with van der Waals surface area (Å²) in [4.78, 5) is 56.6. The van der Waals surface area contributed by atoms with Gasteiger partial charge in [-0.3, -0.25) is 14.4 Å². The van der Waals surface area contributed by atoms with Crippen LogP contribution in [-0.2, 0) is 19.2 Å². The summed E-state index contributed by atoms with van der Waals surface area (Å²) in [6.45, 7) is 0.0108. The summed E-state index contributed by atoms with van der Waals surface area (Å²) >= 11 is 0. The first-order valence-electron chi connectivity index (χ1n) is 13.2. The van der Waals surface area contributed by atoms with Crippen molar-refractivity contribution in [2.45, 2.75) is 31.5 Å². The third-order valence-corrected chi connectivity index (χ3v) is 5.72. The van der Waals surface area contributed by atoms with Crippen LogP contribution in [0.4, 0.5) is 23.7 Å². The predicted molar refractivity (Wildman–Crippen MR) is 154 cm³/mol. The molecule has 0 spiro atoms. The first-order chi connectivity index (χ1) is 20.8. The molecule has 0 fully saturated rings. The quantitative estimate of drug-likeness (QED) is 0.164. The lowest BCUT2D eigenvalue weighted by molar-refractivity contribution is -0.192. The zero-order valence-electron chi connectivity index (χ0n) is 23.3. The Balaban J connectivity index is 0.000000860. The van der Waals surface area contributed by atoms with Gasteiger partial charge in [-0.1, -0.05) is 72.8 Å². The molecule has 0 heterocycles. The summed E-state index contributed by atoms with van der Waals surface area (Å²) in [5, 5.41) is 27.0. The fourth-order valence-electron chi connectivity index (χ4n) is 3.63. The van der Waals surface area contributed by atoms with Gasteiger partial charge in [0.15, 0.2) is 0 Å². The molecule has 11 nitrogen and oxygen atoms in total. The molecule has 0 aromatic heterocycles. The third-order valence-electron chi connectivity index (χ3n) is 5.72. The van der Waals surface area contributed by atoms with Crippen molar-refractivity contribution in [3.8, 4) is 11.1 Å². The number of halogens is 3. The molecule has 0 saturated carbocycles. The van der Waals surface area contributed by atoms with Crippen molar-refractivity contribution >= 4 is 35.5 Å². The van der Waals surface area contributed by atoms with Crippen molar-refractivity contribution in [1.82, 2.24) is 16.0 Å². The lowest BCUT2D eigenvalue weighted by atomic mass is 9.99. The van der Waals surface area contributed by atoms with Crippen LogP contribution in [0, 0.1) is 0 Å². The van der Waals surface area contributed by atoms with Crippen LogP contribution in [0.2, 0.25) is 0 Å². The summed E-state index contributed by atoms with van der Waals surface area (Å²) in [6.07, 6.45) is -4.86. The van der Waals surface area contributed by atoms with Crippen molar-refractivity contribution in [1.29, 1.82) is 0 Å². The minimum Gasteiger partial charge on any atom is -0.481 e. The highest BCUT2D eigenvalue weighted by Crippen LogP contribution is 2.23. The number of benzene rings is 3. The first kappa shape index (κ1) is 34.8. The number of carbonyl (C=O) groups excluding carboxylic acids is 3. The van der Waals surface area contributed by atoms with Crippen LogP contribution in [0.5, 0.6) is 0 Å². The van der Waals surface area contributed by atoms with Gasteiger partial charge in [0.2, 0.25) is 11.8 Å². The molecule has 0 bridgehead atoms. The van der Waals surface area contributed by atoms with Crippen LogP contribution < -0.4 is 21.3 Å². The van der Waals surface area contributed by atoms with E-state index in [1.54, 1.807) is 24.3 Å². The highest BCUT2D eigenvalue weighted by Gasteiger charge is 2.38. The molecular weight excluding hydrogens is 585 g/mol. The zero-order valence-corrected chi connectivity index (χ0v) is 23.3. The number of carboxylic acid groups (broad SMARTS) is 2. The number of hydrogen-bond acceptors (Lipinski definition) is 5. The van der Waals surface area contributed by atoms with Crippen molar-refractivity contribution < 1.29 is 47.4 Å². The lowest BCUT2D eigenvalue weighted by Crippen LogP contribution is -2.39. The average molecular weight is 617 g/mol. The lowest BCUT2D eigenvalue weighted by Gasteiger charge is -2.18. The maximum absolute atomic E-state index is 12.4. The maximum Gasteiger partial charge on any atom is 0.490 e. The molecular formula is C30H31F3N4O7. The number of amides is 4. The number of aliphatic carboxylic acids is 2. The van der Waals surface area contributed by atoms with Gasteiger partial charge < -0.3 is 31.5 Å². The average Bonchev–Trinajstić information content (AvgIpc) is 2.98. The van der Waals surface area contributed by atoms with Crippen LogP contribution in [0.3, 0.4) is 0 Å². The summed E-state index contributed by atoms with van der Waals surface area (Å²) in [5.74, 6) is -4.65.